The average molecular weight is 453 g/mol. The van der Waals surface area contributed by atoms with Gasteiger partial charge in [0.25, 0.3) is 5.91 Å². The number of benzene rings is 3. The molecule has 3 rings (SSSR count). The molecular weight excluding hydrogens is 435 g/mol. The Hall–Kier alpha value is -3.33. The standard InChI is InChI=1S/C24H18Cl2N2O3/c1-24(14-27,15-31-21-13-19(25)11-12-20(21)26)28-23(30)18-9-7-17(8-10-18)22(29)16-5-3-2-4-6-16/h2-13H,15H2,1H3,(H,28,30). The van der Waals surface area contributed by atoms with Gasteiger partial charge in [0.15, 0.2) is 11.3 Å². The first-order valence-electron chi connectivity index (χ1n) is 9.33. The highest BCUT2D eigenvalue weighted by Gasteiger charge is 2.28. The Morgan fingerprint density at radius 1 is 0.968 bits per heavy atom. The normalized spacial score (nSPS) is 12.3. The molecule has 1 amide bonds. The van der Waals surface area contributed by atoms with Gasteiger partial charge in [-0.3, -0.25) is 9.59 Å². The predicted molar refractivity (Wildman–Crippen MR) is 120 cm³/mol. The van der Waals surface area contributed by atoms with Gasteiger partial charge in [0.05, 0.1) is 11.1 Å². The summed E-state index contributed by atoms with van der Waals surface area (Å²) < 4.78 is 5.61. The lowest BCUT2D eigenvalue weighted by Gasteiger charge is -2.24. The average Bonchev–Trinajstić information content (AvgIpc) is 2.80. The van der Waals surface area contributed by atoms with E-state index in [1.165, 1.54) is 25.1 Å². The number of nitrogens with one attached hydrogen (secondary N) is 1. The molecule has 0 spiro atoms. The maximum atomic E-state index is 12.7. The van der Waals surface area contributed by atoms with Crippen molar-refractivity contribution in [2.75, 3.05) is 6.61 Å². The molecule has 0 saturated heterocycles. The summed E-state index contributed by atoms with van der Waals surface area (Å²) in [5.41, 5.74) is 0.0199. The number of nitrogens with zero attached hydrogens (tertiary/aromatic N) is 1. The van der Waals surface area contributed by atoms with Crippen LogP contribution in [0.5, 0.6) is 5.75 Å². The van der Waals surface area contributed by atoms with Crippen molar-refractivity contribution in [1.82, 2.24) is 5.32 Å². The monoisotopic (exact) mass is 452 g/mol. The number of carbonyl (C=O) groups is 2. The molecule has 0 heterocycles. The van der Waals surface area contributed by atoms with Gasteiger partial charge in [0, 0.05) is 27.8 Å². The van der Waals surface area contributed by atoms with Crippen LogP contribution in [0.3, 0.4) is 0 Å². The SMILES string of the molecule is CC(C#N)(COc1cc(Cl)ccc1Cl)NC(=O)c1ccc(C(=O)c2ccccc2)cc1. The summed E-state index contributed by atoms with van der Waals surface area (Å²) in [7, 11) is 0. The zero-order valence-electron chi connectivity index (χ0n) is 16.6. The Morgan fingerprint density at radius 2 is 1.58 bits per heavy atom. The molecule has 0 fully saturated rings. The summed E-state index contributed by atoms with van der Waals surface area (Å²) in [5, 5.41) is 13.0. The predicted octanol–water partition coefficient (Wildman–Crippen LogP) is 5.32. The van der Waals surface area contributed by atoms with Crippen LogP contribution < -0.4 is 10.1 Å². The first-order chi connectivity index (χ1) is 14.8. The summed E-state index contributed by atoms with van der Waals surface area (Å²) in [6.07, 6.45) is 0. The van der Waals surface area contributed by atoms with Crippen LogP contribution in [-0.2, 0) is 0 Å². The van der Waals surface area contributed by atoms with Crippen LogP contribution in [0.1, 0.15) is 33.2 Å². The van der Waals surface area contributed by atoms with E-state index in [1.54, 1.807) is 48.5 Å². The minimum Gasteiger partial charge on any atom is -0.488 e. The van der Waals surface area contributed by atoms with Gasteiger partial charge in [-0.1, -0.05) is 65.7 Å². The molecule has 1 atom stereocenters. The van der Waals surface area contributed by atoms with E-state index in [9.17, 15) is 14.9 Å². The summed E-state index contributed by atoms with van der Waals surface area (Å²) in [4.78, 5) is 25.1. The summed E-state index contributed by atoms with van der Waals surface area (Å²) >= 11 is 12.0. The van der Waals surface area contributed by atoms with Gasteiger partial charge in [-0.2, -0.15) is 5.26 Å². The maximum Gasteiger partial charge on any atom is 0.252 e. The topological polar surface area (TPSA) is 79.2 Å². The summed E-state index contributed by atoms with van der Waals surface area (Å²) in [6.45, 7) is 1.40. The van der Waals surface area contributed by atoms with Crippen molar-refractivity contribution in [2.45, 2.75) is 12.5 Å². The Bertz CT molecular complexity index is 1140. The van der Waals surface area contributed by atoms with Crippen molar-refractivity contribution >= 4 is 34.9 Å². The van der Waals surface area contributed by atoms with Crippen LogP contribution in [-0.4, -0.2) is 23.8 Å². The van der Waals surface area contributed by atoms with E-state index >= 15 is 0 Å². The number of rotatable bonds is 7. The quantitative estimate of drug-likeness (QED) is 0.492. The van der Waals surface area contributed by atoms with E-state index in [2.05, 4.69) is 5.32 Å². The molecule has 0 saturated carbocycles. The fourth-order valence-electron chi connectivity index (χ4n) is 2.76. The van der Waals surface area contributed by atoms with Gasteiger partial charge in [0.2, 0.25) is 0 Å². The molecule has 3 aromatic rings. The fourth-order valence-corrected chi connectivity index (χ4v) is 3.09. The second-order valence-electron chi connectivity index (χ2n) is 7.03. The third-order valence-electron chi connectivity index (χ3n) is 4.49. The van der Waals surface area contributed by atoms with Crippen LogP contribution in [0.15, 0.2) is 72.8 Å². The molecule has 156 valence electrons. The number of ketones is 1. The van der Waals surface area contributed by atoms with E-state index < -0.39 is 11.4 Å². The Labute approximate surface area is 190 Å². The highest BCUT2D eigenvalue weighted by molar-refractivity contribution is 6.34. The molecule has 0 aliphatic carbocycles. The Balaban J connectivity index is 1.68. The molecule has 0 radical (unpaired) electrons. The minimum atomic E-state index is -1.32. The van der Waals surface area contributed by atoms with E-state index in [4.69, 9.17) is 27.9 Å². The first-order valence-corrected chi connectivity index (χ1v) is 10.1. The second kappa shape index (κ2) is 9.65. The van der Waals surface area contributed by atoms with Gasteiger partial charge < -0.3 is 10.1 Å². The smallest absolute Gasteiger partial charge is 0.252 e. The van der Waals surface area contributed by atoms with Gasteiger partial charge in [-0.25, -0.2) is 0 Å². The number of ether oxygens (including phenoxy) is 1. The van der Waals surface area contributed by atoms with E-state index in [1.807, 2.05) is 12.1 Å². The van der Waals surface area contributed by atoms with Gasteiger partial charge in [0.1, 0.15) is 12.4 Å². The molecule has 5 nitrogen and oxygen atoms in total. The van der Waals surface area contributed by atoms with E-state index in [0.717, 1.165) is 0 Å². The lowest BCUT2D eigenvalue weighted by atomic mass is 10.0. The van der Waals surface area contributed by atoms with Gasteiger partial charge >= 0.3 is 0 Å². The van der Waals surface area contributed by atoms with Crippen LogP contribution in [0.25, 0.3) is 0 Å². The summed E-state index contributed by atoms with van der Waals surface area (Å²) in [5.74, 6) is -0.293. The lowest BCUT2D eigenvalue weighted by Crippen LogP contribution is -2.49. The molecular formula is C24H18Cl2N2O3. The van der Waals surface area contributed by atoms with Crippen LogP contribution in [0, 0.1) is 11.3 Å². The minimum absolute atomic E-state index is 0.138. The number of carbonyl (C=O) groups excluding carboxylic acids is 2. The van der Waals surface area contributed by atoms with E-state index in [-0.39, 0.29) is 12.4 Å². The van der Waals surface area contributed by atoms with Crippen molar-refractivity contribution in [3.8, 4) is 11.8 Å². The number of amides is 1. The van der Waals surface area contributed by atoms with Crippen molar-refractivity contribution in [3.63, 3.8) is 0 Å². The Morgan fingerprint density at radius 3 is 2.23 bits per heavy atom. The highest BCUT2D eigenvalue weighted by Crippen LogP contribution is 2.28. The largest absolute Gasteiger partial charge is 0.488 e. The molecule has 0 aromatic heterocycles. The van der Waals surface area contributed by atoms with Crippen molar-refractivity contribution < 1.29 is 14.3 Å². The fraction of sp³-hybridized carbons (Fsp3) is 0.125. The first kappa shape index (κ1) is 22.4. The molecule has 0 bridgehead atoms. The maximum absolute atomic E-state index is 12.7. The van der Waals surface area contributed by atoms with E-state index in [0.29, 0.717) is 32.5 Å². The number of hydrogen-bond acceptors (Lipinski definition) is 4. The second-order valence-corrected chi connectivity index (χ2v) is 7.88. The zero-order valence-corrected chi connectivity index (χ0v) is 18.1. The van der Waals surface area contributed by atoms with Crippen molar-refractivity contribution in [2.24, 2.45) is 0 Å². The number of nitriles is 1. The molecule has 3 aromatic carbocycles. The molecule has 0 aliphatic rings. The van der Waals surface area contributed by atoms with Crippen LogP contribution in [0.4, 0.5) is 0 Å². The number of hydrogen-bond donors (Lipinski definition) is 1. The third-order valence-corrected chi connectivity index (χ3v) is 5.04. The zero-order chi connectivity index (χ0) is 22.4. The lowest BCUT2D eigenvalue weighted by molar-refractivity contribution is 0.0900. The Kier molecular flexibility index (Phi) is 6.96. The van der Waals surface area contributed by atoms with Crippen molar-refractivity contribution in [1.29, 1.82) is 5.26 Å². The van der Waals surface area contributed by atoms with Crippen LogP contribution >= 0.6 is 23.2 Å². The molecule has 7 heteroatoms. The van der Waals surface area contributed by atoms with Crippen LogP contribution in [0.2, 0.25) is 10.0 Å². The highest BCUT2D eigenvalue weighted by atomic mass is 35.5. The molecule has 0 aliphatic heterocycles. The molecule has 31 heavy (non-hydrogen) atoms. The third kappa shape index (κ3) is 5.64. The van der Waals surface area contributed by atoms with Gasteiger partial charge in [-0.05, 0) is 31.2 Å². The van der Waals surface area contributed by atoms with Crippen molar-refractivity contribution in [3.05, 3.63) is 99.5 Å². The number of halogens is 2. The van der Waals surface area contributed by atoms with Gasteiger partial charge in [-0.15, -0.1) is 0 Å². The molecule has 1 unspecified atom stereocenters. The summed E-state index contributed by atoms with van der Waals surface area (Å²) in [6, 6.07) is 21.9. The molecule has 1 N–H and O–H groups in total.